The number of hydrogen-bond donors (Lipinski definition) is 3. The first kappa shape index (κ1) is 29.1. The monoisotopic (exact) mass is 558 g/mol. The number of Topliss-reactive ketones (excluding diaryl/α,β-unsaturated/α-hetero) is 1. The third-order valence-corrected chi connectivity index (χ3v) is 7.97. The average Bonchev–Trinajstić information content (AvgIpc) is 2.95. The normalized spacial score (nSPS) is 24.1. The number of anilines is 1. The van der Waals surface area contributed by atoms with Crippen molar-refractivity contribution >= 4 is 29.3 Å². The Morgan fingerprint density at radius 2 is 1.93 bits per heavy atom. The lowest BCUT2D eigenvalue weighted by atomic mass is 9.53. The van der Waals surface area contributed by atoms with Crippen LogP contribution < -0.4 is 30.7 Å². The third kappa shape index (κ3) is 5.27. The van der Waals surface area contributed by atoms with Gasteiger partial charge in [0.1, 0.15) is 34.6 Å². The number of imide groups is 1. The molecule has 4 amide bonds. The number of halogens is 1. The number of rotatable bonds is 11. The number of nitrogens with zero attached hydrogens (tertiary/aromatic N) is 1. The van der Waals surface area contributed by atoms with E-state index in [9.17, 15) is 19.2 Å². The van der Waals surface area contributed by atoms with Crippen molar-refractivity contribution in [1.82, 2.24) is 10.6 Å². The van der Waals surface area contributed by atoms with E-state index in [0.29, 0.717) is 36.7 Å². The summed E-state index contributed by atoms with van der Waals surface area (Å²) in [6.07, 6.45) is 3.34. The summed E-state index contributed by atoms with van der Waals surface area (Å²) in [5.41, 5.74) is 3.13. The zero-order valence-electron chi connectivity index (χ0n) is 22.7. The number of piperidine rings is 1. The first-order valence-electron chi connectivity index (χ1n) is 13.2. The number of methoxy groups -OCH3 is 2. The largest absolute Gasteiger partial charge is 0.497 e. The summed E-state index contributed by atoms with van der Waals surface area (Å²) in [6.45, 7) is 1.28. The van der Waals surface area contributed by atoms with Crippen molar-refractivity contribution in [2.24, 2.45) is 16.6 Å². The van der Waals surface area contributed by atoms with Gasteiger partial charge in [-0.2, -0.15) is 0 Å². The van der Waals surface area contributed by atoms with Crippen molar-refractivity contribution in [2.75, 3.05) is 45.4 Å². The van der Waals surface area contributed by atoms with Gasteiger partial charge in [-0.3, -0.25) is 24.6 Å². The first-order valence-corrected chi connectivity index (χ1v) is 13.2. The Morgan fingerprint density at radius 1 is 1.18 bits per heavy atom. The standard InChI is InChI=1S/C28H35FN4O7/c1-38-19-6-8-22(29)28(17-19,25(30)36)27(10-12-31-13-11-27)23(34)4-3-15-40-18-5-7-20(21(16-18)39-2)33-14-9-24(35)32-26(33)37/h5-8,16-17,22,31H,3-4,9-15H2,1-2H3,(H2,30,36)(H,32,35,37). The summed E-state index contributed by atoms with van der Waals surface area (Å²) in [4.78, 5) is 51.8. The molecule has 0 saturated carbocycles. The number of carbonyl (C=O) groups excluding carboxylic acids is 4. The van der Waals surface area contributed by atoms with Gasteiger partial charge in [0.25, 0.3) is 0 Å². The Hall–Kier alpha value is -3.93. The van der Waals surface area contributed by atoms with Gasteiger partial charge in [0.2, 0.25) is 11.8 Å². The van der Waals surface area contributed by atoms with Crippen molar-refractivity contribution in [3.63, 3.8) is 0 Å². The summed E-state index contributed by atoms with van der Waals surface area (Å²) in [7, 11) is 2.88. The summed E-state index contributed by atoms with van der Waals surface area (Å²) in [5, 5.41) is 5.46. The number of alkyl halides is 1. The van der Waals surface area contributed by atoms with Crippen molar-refractivity contribution in [3.8, 4) is 11.5 Å². The number of ether oxygens (including phenoxy) is 3. The van der Waals surface area contributed by atoms with Crippen LogP contribution in [0.3, 0.4) is 0 Å². The molecule has 2 saturated heterocycles. The number of nitrogens with two attached hydrogens (primary N) is 1. The number of primary amides is 1. The van der Waals surface area contributed by atoms with Crippen molar-refractivity contribution in [2.45, 2.75) is 38.3 Å². The summed E-state index contributed by atoms with van der Waals surface area (Å²) in [5.74, 6) is -0.354. The molecule has 1 aliphatic carbocycles. The van der Waals surface area contributed by atoms with Crippen LogP contribution in [0.15, 0.2) is 42.2 Å². The molecule has 12 heteroatoms. The highest BCUT2D eigenvalue weighted by molar-refractivity contribution is 6.06. The Balaban J connectivity index is 1.46. The molecule has 11 nitrogen and oxygen atoms in total. The van der Waals surface area contributed by atoms with Crippen LogP contribution in [0, 0.1) is 10.8 Å². The molecule has 2 fully saturated rings. The molecule has 2 aliphatic heterocycles. The second kappa shape index (κ2) is 12.1. The number of benzene rings is 1. The number of allylic oxidation sites excluding steroid dienone is 2. The van der Waals surface area contributed by atoms with E-state index in [1.807, 2.05) is 0 Å². The minimum Gasteiger partial charge on any atom is -0.497 e. The second-order valence-electron chi connectivity index (χ2n) is 10.0. The molecule has 4 rings (SSSR count). The van der Waals surface area contributed by atoms with Gasteiger partial charge in [0.15, 0.2) is 0 Å². The molecular weight excluding hydrogens is 523 g/mol. The molecule has 2 heterocycles. The van der Waals surface area contributed by atoms with Gasteiger partial charge in [-0.1, -0.05) is 0 Å². The fraction of sp³-hybridized carbons (Fsp3) is 0.500. The fourth-order valence-corrected chi connectivity index (χ4v) is 5.86. The summed E-state index contributed by atoms with van der Waals surface area (Å²) in [6, 6.07) is 4.42. The van der Waals surface area contributed by atoms with Crippen LogP contribution in [0.2, 0.25) is 0 Å². The number of carbonyl (C=O) groups is 4. The van der Waals surface area contributed by atoms with Crippen LogP contribution in [-0.4, -0.2) is 70.3 Å². The van der Waals surface area contributed by atoms with Gasteiger partial charge >= 0.3 is 6.03 Å². The van der Waals surface area contributed by atoms with E-state index in [4.69, 9.17) is 19.9 Å². The molecule has 0 radical (unpaired) electrons. The van der Waals surface area contributed by atoms with Crippen molar-refractivity contribution in [1.29, 1.82) is 0 Å². The van der Waals surface area contributed by atoms with Crippen LogP contribution in [-0.2, 0) is 19.1 Å². The maximum atomic E-state index is 15.6. The molecule has 2 unspecified atom stereocenters. The molecule has 0 aromatic heterocycles. The highest BCUT2D eigenvalue weighted by atomic mass is 19.1. The van der Waals surface area contributed by atoms with E-state index in [2.05, 4.69) is 10.6 Å². The van der Waals surface area contributed by atoms with Gasteiger partial charge in [0.05, 0.1) is 31.9 Å². The van der Waals surface area contributed by atoms with E-state index >= 15 is 4.39 Å². The lowest BCUT2D eigenvalue weighted by molar-refractivity contribution is -0.152. The van der Waals surface area contributed by atoms with E-state index in [-0.39, 0.29) is 56.3 Å². The number of nitrogens with one attached hydrogen (secondary N) is 2. The van der Waals surface area contributed by atoms with Gasteiger partial charge < -0.3 is 25.3 Å². The van der Waals surface area contributed by atoms with Gasteiger partial charge in [-0.25, -0.2) is 9.18 Å². The molecule has 1 aromatic rings. The molecule has 2 atom stereocenters. The zero-order valence-corrected chi connectivity index (χ0v) is 22.7. The van der Waals surface area contributed by atoms with Gasteiger partial charge in [-0.15, -0.1) is 0 Å². The van der Waals surface area contributed by atoms with E-state index < -0.39 is 28.9 Å². The quantitative estimate of drug-likeness (QED) is 0.350. The van der Waals surface area contributed by atoms with E-state index in [1.54, 1.807) is 18.2 Å². The number of amides is 4. The Morgan fingerprint density at radius 3 is 2.58 bits per heavy atom. The van der Waals surface area contributed by atoms with E-state index in [1.165, 1.54) is 37.3 Å². The van der Waals surface area contributed by atoms with Crippen LogP contribution in [0.1, 0.15) is 32.1 Å². The minimum absolute atomic E-state index is 0.0544. The lowest BCUT2D eigenvalue weighted by Crippen LogP contribution is -2.62. The topological polar surface area (TPSA) is 149 Å². The summed E-state index contributed by atoms with van der Waals surface area (Å²) >= 11 is 0. The maximum Gasteiger partial charge on any atom is 0.328 e. The molecule has 3 aliphatic rings. The predicted octanol–water partition coefficient (Wildman–Crippen LogP) is 2.15. The molecular formula is C28H35FN4O7. The lowest BCUT2D eigenvalue weighted by Gasteiger charge is -2.50. The number of ketones is 1. The van der Waals surface area contributed by atoms with Crippen molar-refractivity contribution in [3.05, 3.63) is 42.2 Å². The number of hydrogen-bond acceptors (Lipinski definition) is 8. The van der Waals surface area contributed by atoms with Crippen LogP contribution in [0.25, 0.3) is 0 Å². The average molecular weight is 559 g/mol. The highest BCUT2D eigenvalue weighted by Crippen LogP contribution is 2.54. The molecule has 216 valence electrons. The number of urea groups is 1. The van der Waals surface area contributed by atoms with E-state index in [0.717, 1.165) is 0 Å². The fourth-order valence-electron chi connectivity index (χ4n) is 5.86. The van der Waals surface area contributed by atoms with Crippen molar-refractivity contribution < 1.29 is 37.8 Å². The summed E-state index contributed by atoms with van der Waals surface area (Å²) < 4.78 is 32.2. The predicted molar refractivity (Wildman–Crippen MR) is 144 cm³/mol. The Labute approximate surface area is 231 Å². The van der Waals surface area contributed by atoms with Crippen LogP contribution in [0.5, 0.6) is 11.5 Å². The van der Waals surface area contributed by atoms with Crippen LogP contribution in [0.4, 0.5) is 14.9 Å². The van der Waals surface area contributed by atoms with Crippen LogP contribution >= 0.6 is 0 Å². The Bertz CT molecular complexity index is 1230. The van der Waals surface area contributed by atoms with Gasteiger partial charge in [-0.05, 0) is 62.7 Å². The SMILES string of the molecule is COC1=CC(C(N)=O)(C2(C(=O)CCCOc3ccc(N4CCC(=O)NC4=O)c(OC)c3)CCNCC2)C(F)C=C1. The molecule has 0 bridgehead atoms. The first-order chi connectivity index (χ1) is 19.2. The molecule has 0 spiro atoms. The van der Waals surface area contributed by atoms with Gasteiger partial charge in [0, 0.05) is 25.5 Å². The zero-order chi connectivity index (χ0) is 28.9. The third-order valence-electron chi connectivity index (χ3n) is 7.97. The second-order valence-corrected chi connectivity index (χ2v) is 10.0. The molecule has 40 heavy (non-hydrogen) atoms. The minimum atomic E-state index is -1.86. The smallest absolute Gasteiger partial charge is 0.328 e. The molecule has 4 N–H and O–H groups in total. The molecule has 1 aromatic carbocycles. The maximum absolute atomic E-state index is 15.6. The Kier molecular flexibility index (Phi) is 8.77. The highest BCUT2D eigenvalue weighted by Gasteiger charge is 2.63.